The lowest BCUT2D eigenvalue weighted by Crippen LogP contribution is -2.42. The quantitative estimate of drug-likeness (QED) is 0.707. The summed E-state index contributed by atoms with van der Waals surface area (Å²) in [5.41, 5.74) is 0.892. The fraction of sp³-hybridized carbons (Fsp3) is 0.409. The molecular weight excluding hydrogens is 340 g/mol. The van der Waals surface area contributed by atoms with Crippen molar-refractivity contribution in [2.45, 2.75) is 51.6 Å². The molecule has 27 heavy (non-hydrogen) atoms. The molecule has 0 aromatic heterocycles. The second-order valence-corrected chi connectivity index (χ2v) is 6.89. The van der Waals surface area contributed by atoms with Gasteiger partial charge in [0.25, 0.3) is 0 Å². The molecule has 0 aliphatic heterocycles. The molecule has 5 nitrogen and oxygen atoms in total. The first kappa shape index (κ1) is 19.1. The maximum absolute atomic E-state index is 12.3. The molecule has 2 aromatic rings. The van der Waals surface area contributed by atoms with Gasteiger partial charge in [-0.2, -0.15) is 0 Å². The molecule has 1 amide bonds. The third-order valence-corrected chi connectivity index (χ3v) is 4.70. The Morgan fingerprint density at radius 1 is 1.00 bits per heavy atom. The summed E-state index contributed by atoms with van der Waals surface area (Å²) in [5.74, 6) is 2.38. The lowest BCUT2D eigenvalue weighted by Gasteiger charge is -2.18. The summed E-state index contributed by atoms with van der Waals surface area (Å²) in [7, 11) is 0. The lowest BCUT2D eigenvalue weighted by molar-refractivity contribution is -0.122. The number of anilines is 1. The van der Waals surface area contributed by atoms with E-state index < -0.39 is 0 Å². The Kier molecular flexibility index (Phi) is 6.58. The van der Waals surface area contributed by atoms with Crippen LogP contribution in [0.2, 0.25) is 0 Å². The summed E-state index contributed by atoms with van der Waals surface area (Å²) in [6.45, 7) is 4.49. The number of benzene rings is 2. The Morgan fingerprint density at radius 3 is 2.15 bits per heavy atom. The number of rotatable bonds is 8. The molecule has 3 rings (SSSR count). The molecule has 1 aliphatic carbocycles. The highest BCUT2D eigenvalue weighted by molar-refractivity contribution is 5.84. The molecule has 0 radical (unpaired) electrons. The second-order valence-electron chi connectivity index (χ2n) is 6.89. The third-order valence-electron chi connectivity index (χ3n) is 4.70. The van der Waals surface area contributed by atoms with E-state index >= 15 is 0 Å². The highest BCUT2D eigenvalue weighted by atomic mass is 16.5. The van der Waals surface area contributed by atoms with Gasteiger partial charge in [0.2, 0.25) is 5.91 Å². The molecule has 2 aromatic carbocycles. The van der Waals surface area contributed by atoms with Crippen LogP contribution in [-0.2, 0) is 4.79 Å². The van der Waals surface area contributed by atoms with E-state index in [1.54, 1.807) is 0 Å². The average Bonchev–Trinajstić information content (AvgIpc) is 3.18. The van der Waals surface area contributed by atoms with Crippen LogP contribution in [0.1, 0.15) is 39.5 Å². The fourth-order valence-electron chi connectivity index (χ4n) is 3.24. The molecule has 0 heterocycles. The molecule has 1 unspecified atom stereocenters. The monoisotopic (exact) mass is 368 g/mol. The fourth-order valence-corrected chi connectivity index (χ4v) is 3.24. The number of carbonyl (C=O) groups excluding carboxylic acids is 1. The summed E-state index contributed by atoms with van der Waals surface area (Å²) < 4.78 is 11.3. The molecule has 0 bridgehead atoms. The van der Waals surface area contributed by atoms with Gasteiger partial charge in [0.1, 0.15) is 23.3 Å². The van der Waals surface area contributed by atoms with Crippen LogP contribution in [0.3, 0.4) is 0 Å². The summed E-state index contributed by atoms with van der Waals surface area (Å²) >= 11 is 0. The van der Waals surface area contributed by atoms with E-state index in [0.29, 0.717) is 12.6 Å². The van der Waals surface area contributed by atoms with Crippen LogP contribution in [0.25, 0.3) is 0 Å². The highest BCUT2D eigenvalue weighted by Crippen LogP contribution is 2.25. The molecule has 144 valence electrons. The molecule has 5 heteroatoms. The smallest absolute Gasteiger partial charge is 0.242 e. The van der Waals surface area contributed by atoms with Gasteiger partial charge in [-0.25, -0.2) is 0 Å². The lowest BCUT2D eigenvalue weighted by atomic mass is 10.2. The van der Waals surface area contributed by atoms with Gasteiger partial charge in [0.15, 0.2) is 0 Å². The molecule has 1 aliphatic rings. The topological polar surface area (TPSA) is 59.6 Å². The zero-order valence-electron chi connectivity index (χ0n) is 16.0. The molecule has 1 saturated carbocycles. The summed E-state index contributed by atoms with van der Waals surface area (Å²) in [5, 5.41) is 6.36. The van der Waals surface area contributed by atoms with Crippen molar-refractivity contribution in [3.63, 3.8) is 0 Å². The molecule has 0 saturated heterocycles. The van der Waals surface area contributed by atoms with Crippen LogP contribution in [0, 0.1) is 0 Å². The minimum atomic E-state index is -0.275. The van der Waals surface area contributed by atoms with Crippen molar-refractivity contribution in [2.75, 3.05) is 11.9 Å². The van der Waals surface area contributed by atoms with Crippen LogP contribution in [-0.4, -0.2) is 24.6 Å². The van der Waals surface area contributed by atoms with Crippen LogP contribution >= 0.6 is 0 Å². The summed E-state index contributed by atoms with van der Waals surface area (Å²) in [6, 6.07) is 15.2. The minimum Gasteiger partial charge on any atom is -0.494 e. The van der Waals surface area contributed by atoms with Crippen LogP contribution in [0.15, 0.2) is 48.5 Å². The largest absolute Gasteiger partial charge is 0.494 e. The highest BCUT2D eigenvalue weighted by Gasteiger charge is 2.20. The van der Waals surface area contributed by atoms with E-state index in [9.17, 15) is 4.79 Å². The first-order chi connectivity index (χ1) is 13.1. The van der Waals surface area contributed by atoms with E-state index in [2.05, 4.69) is 10.6 Å². The Hall–Kier alpha value is -2.69. The summed E-state index contributed by atoms with van der Waals surface area (Å²) in [6.07, 6.45) is 4.61. The van der Waals surface area contributed by atoms with E-state index in [0.717, 1.165) is 35.8 Å². The Balaban J connectivity index is 1.51. The number of hydrogen-bond acceptors (Lipinski definition) is 4. The van der Waals surface area contributed by atoms with Crippen molar-refractivity contribution in [3.8, 4) is 17.2 Å². The Morgan fingerprint density at radius 2 is 1.56 bits per heavy atom. The van der Waals surface area contributed by atoms with Crippen molar-refractivity contribution < 1.29 is 14.3 Å². The third kappa shape index (κ3) is 5.64. The standard InChI is InChI=1S/C22H28N2O3/c1-3-26-19-12-14-21(15-13-19)27-20-10-8-18(9-11-20)23-16(2)22(25)24-17-6-4-5-7-17/h8-17,23H,3-7H2,1-2H3,(H,24,25). The van der Waals surface area contributed by atoms with E-state index in [1.165, 1.54) is 12.8 Å². The predicted octanol–water partition coefficient (Wildman–Crippen LogP) is 4.74. The number of carbonyl (C=O) groups is 1. The second kappa shape index (κ2) is 9.31. The van der Waals surface area contributed by atoms with Crippen LogP contribution < -0.4 is 20.1 Å². The average molecular weight is 368 g/mol. The molecule has 1 fully saturated rings. The predicted molar refractivity (Wildman–Crippen MR) is 108 cm³/mol. The van der Waals surface area contributed by atoms with Gasteiger partial charge in [-0.3, -0.25) is 4.79 Å². The van der Waals surface area contributed by atoms with Crippen molar-refractivity contribution in [1.82, 2.24) is 5.32 Å². The van der Waals surface area contributed by atoms with Gasteiger partial charge < -0.3 is 20.1 Å². The van der Waals surface area contributed by atoms with Gasteiger partial charge in [-0.1, -0.05) is 12.8 Å². The summed E-state index contributed by atoms with van der Waals surface area (Å²) in [4.78, 5) is 12.3. The minimum absolute atomic E-state index is 0.0524. The van der Waals surface area contributed by atoms with Gasteiger partial charge in [-0.05, 0) is 75.2 Å². The number of ether oxygens (including phenoxy) is 2. The van der Waals surface area contributed by atoms with E-state index in [4.69, 9.17) is 9.47 Å². The van der Waals surface area contributed by atoms with E-state index in [-0.39, 0.29) is 11.9 Å². The van der Waals surface area contributed by atoms with Gasteiger partial charge in [0.05, 0.1) is 6.61 Å². The number of hydrogen-bond donors (Lipinski definition) is 2. The van der Waals surface area contributed by atoms with Crippen molar-refractivity contribution in [1.29, 1.82) is 0 Å². The Bertz CT molecular complexity index is 722. The van der Waals surface area contributed by atoms with Gasteiger partial charge in [0, 0.05) is 11.7 Å². The van der Waals surface area contributed by atoms with Gasteiger partial charge in [-0.15, -0.1) is 0 Å². The first-order valence-electron chi connectivity index (χ1n) is 9.71. The normalized spacial score (nSPS) is 15.2. The molecular formula is C22H28N2O3. The maximum Gasteiger partial charge on any atom is 0.242 e. The first-order valence-corrected chi connectivity index (χ1v) is 9.71. The SMILES string of the molecule is CCOc1ccc(Oc2ccc(NC(C)C(=O)NC3CCCC3)cc2)cc1. The molecule has 0 spiro atoms. The number of nitrogens with one attached hydrogen (secondary N) is 2. The van der Waals surface area contributed by atoms with Crippen molar-refractivity contribution in [3.05, 3.63) is 48.5 Å². The molecule has 1 atom stereocenters. The molecule has 2 N–H and O–H groups in total. The Labute approximate surface area is 161 Å². The van der Waals surface area contributed by atoms with Crippen LogP contribution in [0.4, 0.5) is 5.69 Å². The van der Waals surface area contributed by atoms with Crippen molar-refractivity contribution >= 4 is 11.6 Å². The van der Waals surface area contributed by atoms with Crippen LogP contribution in [0.5, 0.6) is 17.2 Å². The van der Waals surface area contributed by atoms with E-state index in [1.807, 2.05) is 62.4 Å². The maximum atomic E-state index is 12.3. The zero-order chi connectivity index (χ0) is 19.1. The van der Waals surface area contributed by atoms with Crippen molar-refractivity contribution in [2.24, 2.45) is 0 Å². The van der Waals surface area contributed by atoms with Gasteiger partial charge >= 0.3 is 0 Å². The zero-order valence-corrected chi connectivity index (χ0v) is 16.0. The number of amides is 1.